The summed E-state index contributed by atoms with van der Waals surface area (Å²) in [4.78, 5) is 6.56. The summed E-state index contributed by atoms with van der Waals surface area (Å²) in [5, 5.41) is 6.43. The van der Waals surface area contributed by atoms with E-state index in [0.29, 0.717) is 6.04 Å². The molecule has 1 aliphatic heterocycles. The smallest absolute Gasteiger partial charge is 0.137 e. The highest BCUT2D eigenvalue weighted by Crippen LogP contribution is 2.25. The molecule has 0 N–H and O–H groups in total. The summed E-state index contributed by atoms with van der Waals surface area (Å²) in [7, 11) is 0. The van der Waals surface area contributed by atoms with E-state index in [1.807, 2.05) is 4.68 Å². The van der Waals surface area contributed by atoms with Gasteiger partial charge in [-0.25, -0.2) is 4.98 Å². The van der Waals surface area contributed by atoms with Crippen molar-refractivity contribution in [2.45, 2.75) is 32.0 Å². The van der Waals surface area contributed by atoms with Gasteiger partial charge in [-0.1, -0.05) is 0 Å². The van der Waals surface area contributed by atoms with Gasteiger partial charge in [-0.2, -0.15) is 5.10 Å². The van der Waals surface area contributed by atoms with E-state index < -0.39 is 0 Å². The van der Waals surface area contributed by atoms with Crippen LogP contribution in [0.5, 0.6) is 0 Å². The van der Waals surface area contributed by atoms with Crippen molar-refractivity contribution in [2.75, 3.05) is 6.54 Å². The minimum atomic E-state index is 0.588. The number of hydrogen-bond acceptors (Lipinski definition) is 4. The maximum Gasteiger partial charge on any atom is 0.137 e. The molecule has 6 heteroatoms. The highest BCUT2D eigenvalue weighted by atomic mass is 79.9. The molecule has 0 unspecified atom stereocenters. The fourth-order valence-corrected chi connectivity index (χ4v) is 3.72. The van der Waals surface area contributed by atoms with E-state index >= 15 is 0 Å². The molecule has 4 nitrogen and oxygen atoms in total. The van der Waals surface area contributed by atoms with Crippen LogP contribution < -0.4 is 0 Å². The quantitative estimate of drug-likeness (QED) is 0.866. The summed E-state index contributed by atoms with van der Waals surface area (Å²) >= 11 is 5.28. The van der Waals surface area contributed by atoms with Gasteiger partial charge in [-0.05, 0) is 52.3 Å². The van der Waals surface area contributed by atoms with Crippen molar-refractivity contribution >= 4 is 27.3 Å². The van der Waals surface area contributed by atoms with Crippen molar-refractivity contribution < 1.29 is 0 Å². The average Bonchev–Trinajstić information content (AvgIpc) is 3.05. The fourth-order valence-electron chi connectivity index (χ4n) is 2.52. The minimum Gasteiger partial charge on any atom is -0.294 e. The van der Waals surface area contributed by atoms with Crippen LogP contribution in [0.3, 0.4) is 0 Å². The predicted molar refractivity (Wildman–Crippen MR) is 75.5 cm³/mol. The van der Waals surface area contributed by atoms with Crippen molar-refractivity contribution in [3.8, 4) is 0 Å². The van der Waals surface area contributed by atoms with Crippen LogP contribution in [-0.4, -0.2) is 32.3 Å². The number of thiophene rings is 1. The molecular formula is C12H15BrN4S. The molecule has 96 valence electrons. The molecule has 2 aromatic rings. The Labute approximate surface area is 119 Å². The molecule has 1 fully saturated rings. The minimum absolute atomic E-state index is 0.588. The van der Waals surface area contributed by atoms with Gasteiger partial charge in [0.25, 0.3) is 0 Å². The van der Waals surface area contributed by atoms with Crippen LogP contribution in [0.25, 0.3) is 0 Å². The number of halogens is 1. The first-order valence-corrected chi connectivity index (χ1v) is 7.78. The summed E-state index contributed by atoms with van der Waals surface area (Å²) < 4.78 is 3.15. The molecule has 3 rings (SSSR count). The third-order valence-corrected chi connectivity index (χ3v) is 4.92. The van der Waals surface area contributed by atoms with Gasteiger partial charge < -0.3 is 0 Å². The van der Waals surface area contributed by atoms with E-state index in [4.69, 9.17) is 0 Å². The van der Waals surface area contributed by atoms with Gasteiger partial charge >= 0.3 is 0 Å². The molecule has 0 saturated carbocycles. The summed E-state index contributed by atoms with van der Waals surface area (Å²) in [6.07, 6.45) is 5.95. The molecule has 0 aliphatic carbocycles. The maximum absolute atomic E-state index is 4.20. The molecule has 0 aromatic carbocycles. The number of nitrogens with zero attached hydrogens (tertiary/aromatic N) is 4. The van der Waals surface area contributed by atoms with E-state index in [1.165, 1.54) is 28.7 Å². The van der Waals surface area contributed by atoms with Crippen molar-refractivity contribution in [3.05, 3.63) is 33.5 Å². The topological polar surface area (TPSA) is 34.0 Å². The summed E-state index contributed by atoms with van der Waals surface area (Å²) in [5.41, 5.74) is 1.40. The monoisotopic (exact) mass is 326 g/mol. The van der Waals surface area contributed by atoms with E-state index in [-0.39, 0.29) is 0 Å². The lowest BCUT2D eigenvalue weighted by Crippen LogP contribution is -2.32. The zero-order chi connectivity index (χ0) is 12.4. The third kappa shape index (κ3) is 2.81. The molecule has 0 bridgehead atoms. The van der Waals surface area contributed by atoms with Crippen LogP contribution in [0.2, 0.25) is 0 Å². The average molecular weight is 327 g/mol. The molecule has 0 amide bonds. The second-order valence-corrected chi connectivity index (χ2v) is 6.93. The molecule has 18 heavy (non-hydrogen) atoms. The summed E-state index contributed by atoms with van der Waals surface area (Å²) in [6.45, 7) is 3.18. The standard InChI is InChI=1S/C12H15BrN4S/c13-12-4-10(7-18-12)5-16-3-1-2-11(16)6-17-9-14-8-15-17/h4,7-9,11H,1-3,5-6H2/t11-/m0/s1. The van der Waals surface area contributed by atoms with Crippen molar-refractivity contribution in [1.29, 1.82) is 0 Å². The van der Waals surface area contributed by atoms with E-state index in [2.05, 4.69) is 42.4 Å². The number of likely N-dealkylation sites (tertiary alicyclic amines) is 1. The Morgan fingerprint density at radius 3 is 3.17 bits per heavy atom. The molecule has 0 radical (unpaired) electrons. The zero-order valence-electron chi connectivity index (χ0n) is 10.00. The van der Waals surface area contributed by atoms with Gasteiger partial charge in [-0.3, -0.25) is 9.58 Å². The highest BCUT2D eigenvalue weighted by molar-refractivity contribution is 9.11. The first kappa shape index (κ1) is 12.3. The largest absolute Gasteiger partial charge is 0.294 e. The Kier molecular flexibility index (Phi) is 3.77. The molecule has 1 saturated heterocycles. The second-order valence-electron chi connectivity index (χ2n) is 4.64. The highest BCUT2D eigenvalue weighted by Gasteiger charge is 2.25. The molecule has 1 atom stereocenters. The van der Waals surface area contributed by atoms with Gasteiger partial charge in [0.15, 0.2) is 0 Å². The van der Waals surface area contributed by atoms with Crippen LogP contribution in [0.4, 0.5) is 0 Å². The van der Waals surface area contributed by atoms with Gasteiger partial charge in [0.05, 0.1) is 10.3 Å². The molecular weight excluding hydrogens is 312 g/mol. The lowest BCUT2D eigenvalue weighted by molar-refractivity contribution is 0.219. The van der Waals surface area contributed by atoms with Crippen molar-refractivity contribution in [2.24, 2.45) is 0 Å². The lowest BCUT2D eigenvalue weighted by Gasteiger charge is -2.23. The van der Waals surface area contributed by atoms with Crippen LogP contribution in [-0.2, 0) is 13.1 Å². The normalized spacial score (nSPS) is 20.6. The Hall–Kier alpha value is -0.720. The van der Waals surface area contributed by atoms with Gasteiger partial charge in [-0.15, -0.1) is 11.3 Å². The van der Waals surface area contributed by atoms with Crippen LogP contribution >= 0.6 is 27.3 Å². The van der Waals surface area contributed by atoms with Crippen molar-refractivity contribution in [1.82, 2.24) is 19.7 Å². The summed E-state index contributed by atoms with van der Waals surface area (Å²) in [6, 6.07) is 2.81. The number of hydrogen-bond donors (Lipinski definition) is 0. The Morgan fingerprint density at radius 2 is 2.44 bits per heavy atom. The van der Waals surface area contributed by atoms with Gasteiger partial charge in [0.2, 0.25) is 0 Å². The van der Waals surface area contributed by atoms with Crippen LogP contribution in [0.1, 0.15) is 18.4 Å². The maximum atomic E-state index is 4.20. The molecule has 3 heterocycles. The first-order valence-electron chi connectivity index (χ1n) is 6.10. The predicted octanol–water partition coefficient (Wildman–Crippen LogP) is 2.77. The molecule has 2 aromatic heterocycles. The lowest BCUT2D eigenvalue weighted by atomic mass is 10.2. The van der Waals surface area contributed by atoms with Crippen molar-refractivity contribution in [3.63, 3.8) is 0 Å². The van der Waals surface area contributed by atoms with Crippen LogP contribution in [0.15, 0.2) is 27.9 Å². The summed E-state index contributed by atoms with van der Waals surface area (Å²) in [5.74, 6) is 0. The van der Waals surface area contributed by atoms with E-state index in [1.54, 1.807) is 24.0 Å². The Balaban J connectivity index is 1.64. The second kappa shape index (κ2) is 5.50. The van der Waals surface area contributed by atoms with E-state index in [0.717, 1.165) is 13.1 Å². The van der Waals surface area contributed by atoms with Gasteiger partial charge in [0, 0.05) is 12.6 Å². The molecule has 0 spiro atoms. The molecule has 1 aliphatic rings. The Bertz CT molecular complexity index is 496. The number of aromatic nitrogens is 3. The van der Waals surface area contributed by atoms with E-state index in [9.17, 15) is 0 Å². The zero-order valence-corrected chi connectivity index (χ0v) is 12.4. The van der Waals surface area contributed by atoms with Gasteiger partial charge in [0.1, 0.15) is 12.7 Å². The fraction of sp³-hybridized carbons (Fsp3) is 0.500. The third-order valence-electron chi connectivity index (χ3n) is 3.37. The Morgan fingerprint density at radius 1 is 1.50 bits per heavy atom. The SMILES string of the molecule is Brc1cc(CN2CCC[C@H]2Cn2cncn2)cs1. The van der Waals surface area contributed by atoms with Crippen LogP contribution in [0, 0.1) is 0 Å². The first-order chi connectivity index (χ1) is 8.81. The number of rotatable bonds is 4.